The van der Waals surface area contributed by atoms with Crippen molar-refractivity contribution in [1.82, 2.24) is 0 Å². The second-order valence-corrected chi connectivity index (χ2v) is 18.4. The molecular weight excluding hydrogens is 837 g/mol. The van der Waals surface area contributed by atoms with Gasteiger partial charge in [0.2, 0.25) is 0 Å². The largest absolute Gasteiger partial charge is 0.462 e. The lowest BCUT2D eigenvalue weighted by molar-refractivity contribution is -0.162. The number of rotatable bonds is 51. The fraction of sp³-hybridized carbons (Fsp3) is 0.683. The predicted octanol–water partition coefficient (Wildman–Crippen LogP) is 19.6. The van der Waals surface area contributed by atoms with Gasteiger partial charge in [0.1, 0.15) is 6.61 Å². The molecule has 0 bridgehead atoms. The fourth-order valence-corrected chi connectivity index (χ4v) is 7.61. The second-order valence-electron chi connectivity index (χ2n) is 18.4. The van der Waals surface area contributed by atoms with Gasteiger partial charge < -0.3 is 14.2 Å². The van der Waals surface area contributed by atoms with Gasteiger partial charge in [-0.2, -0.15) is 0 Å². The van der Waals surface area contributed by atoms with Crippen molar-refractivity contribution in [3.63, 3.8) is 0 Å². The summed E-state index contributed by atoms with van der Waals surface area (Å²) in [6, 6.07) is 0. The Morgan fingerprint density at radius 2 is 0.676 bits per heavy atom. The van der Waals surface area contributed by atoms with Crippen LogP contribution in [0.15, 0.2) is 109 Å². The average Bonchev–Trinajstić information content (AvgIpc) is 3.34. The van der Waals surface area contributed by atoms with Crippen molar-refractivity contribution in [2.75, 3.05) is 19.8 Å². The van der Waals surface area contributed by atoms with Crippen LogP contribution in [-0.2, 0) is 23.8 Å². The maximum atomic E-state index is 12.8. The monoisotopic (exact) mass is 943 g/mol. The molecule has 1 unspecified atom stereocenters. The van der Waals surface area contributed by atoms with E-state index in [1.165, 1.54) is 116 Å². The summed E-state index contributed by atoms with van der Waals surface area (Å²) in [5, 5.41) is 0. The molecule has 0 fully saturated rings. The van der Waals surface area contributed by atoms with E-state index in [1.54, 1.807) is 0 Å². The maximum absolute atomic E-state index is 12.8. The Labute approximate surface area is 421 Å². The van der Waals surface area contributed by atoms with Gasteiger partial charge in [0.25, 0.3) is 0 Å². The van der Waals surface area contributed by atoms with Gasteiger partial charge >= 0.3 is 11.9 Å². The number of ether oxygens (including phenoxy) is 3. The molecule has 0 rings (SSSR count). The SMILES string of the molecule is CC/C=C\C/C=C\C/C=C\C/C=C\C/C=C\CCCC(=O)OC(COCCCCCCCC/C=C\C/C=C\C/C=C\CC)COC(=O)CCCCCCCCCCC/C=C\CCCCCCCC. The number of hydrogen-bond acceptors (Lipinski definition) is 5. The Morgan fingerprint density at radius 3 is 1.12 bits per heavy atom. The first-order chi connectivity index (χ1) is 33.6. The molecule has 0 radical (unpaired) electrons. The van der Waals surface area contributed by atoms with Crippen LogP contribution in [0.3, 0.4) is 0 Å². The van der Waals surface area contributed by atoms with E-state index in [9.17, 15) is 9.59 Å². The standard InChI is InChI=1S/C63H106O5/c1-4-7-10-13-16-19-22-25-28-31-32-34-35-38-41-44-47-50-53-56-62(64)67-60-61(59-66-58-55-52-49-46-43-40-37-30-27-24-21-18-15-12-9-6-3)68-63(65)57-54-51-48-45-42-39-36-33-29-26-23-20-17-14-11-8-5-2/h8-9,11-12,17-18,20-21,25-30,36,39,45,48,61H,4-7,10,13-16,19,22-24,31-35,37-38,40-44,46-47,49-60H2,1-3H3/b11-8-,12-9-,20-17-,21-18-,28-25-,29-26-,30-27-,39-36-,48-45-. The number of esters is 2. The summed E-state index contributed by atoms with van der Waals surface area (Å²) in [7, 11) is 0. The first kappa shape index (κ1) is 64.6. The Bertz CT molecular complexity index is 1340. The smallest absolute Gasteiger partial charge is 0.306 e. The van der Waals surface area contributed by atoms with E-state index in [1.807, 2.05) is 0 Å². The zero-order chi connectivity index (χ0) is 49.2. The molecule has 68 heavy (non-hydrogen) atoms. The molecule has 0 aliphatic heterocycles. The highest BCUT2D eigenvalue weighted by Crippen LogP contribution is 2.14. The first-order valence-corrected chi connectivity index (χ1v) is 28.4. The van der Waals surface area contributed by atoms with Crippen molar-refractivity contribution < 1.29 is 23.8 Å². The van der Waals surface area contributed by atoms with E-state index < -0.39 is 6.10 Å². The molecule has 5 heteroatoms. The fourth-order valence-electron chi connectivity index (χ4n) is 7.61. The Balaban J connectivity index is 4.38. The van der Waals surface area contributed by atoms with E-state index in [-0.39, 0.29) is 25.2 Å². The average molecular weight is 944 g/mol. The summed E-state index contributed by atoms with van der Waals surface area (Å²) in [4.78, 5) is 25.5. The van der Waals surface area contributed by atoms with E-state index >= 15 is 0 Å². The molecule has 0 aromatic carbocycles. The zero-order valence-electron chi connectivity index (χ0n) is 44.6. The molecule has 0 aliphatic carbocycles. The van der Waals surface area contributed by atoms with Crippen LogP contribution in [0.5, 0.6) is 0 Å². The third-order valence-corrected chi connectivity index (χ3v) is 11.8. The van der Waals surface area contributed by atoms with Crippen molar-refractivity contribution in [3.05, 3.63) is 109 Å². The summed E-state index contributed by atoms with van der Waals surface area (Å²) >= 11 is 0. The molecule has 388 valence electrons. The molecule has 0 N–H and O–H groups in total. The van der Waals surface area contributed by atoms with Crippen LogP contribution >= 0.6 is 0 Å². The summed E-state index contributed by atoms with van der Waals surface area (Å²) < 4.78 is 17.4. The Hall–Kier alpha value is -3.44. The molecule has 0 spiro atoms. The predicted molar refractivity (Wildman–Crippen MR) is 297 cm³/mol. The van der Waals surface area contributed by atoms with E-state index in [0.29, 0.717) is 19.4 Å². The van der Waals surface area contributed by atoms with Gasteiger partial charge in [-0.25, -0.2) is 0 Å². The Kier molecular flexibility index (Phi) is 54.9. The molecule has 0 heterocycles. The summed E-state index contributed by atoms with van der Waals surface area (Å²) in [5.74, 6) is -0.475. The van der Waals surface area contributed by atoms with Crippen molar-refractivity contribution >= 4 is 11.9 Å². The lowest BCUT2D eigenvalue weighted by Gasteiger charge is -2.18. The van der Waals surface area contributed by atoms with Crippen LogP contribution in [-0.4, -0.2) is 37.9 Å². The van der Waals surface area contributed by atoms with Gasteiger partial charge in [0.15, 0.2) is 6.10 Å². The van der Waals surface area contributed by atoms with Gasteiger partial charge in [0.05, 0.1) is 6.61 Å². The van der Waals surface area contributed by atoms with Gasteiger partial charge in [-0.1, -0.05) is 233 Å². The van der Waals surface area contributed by atoms with Crippen LogP contribution in [0.25, 0.3) is 0 Å². The van der Waals surface area contributed by atoms with Crippen molar-refractivity contribution in [2.45, 2.75) is 258 Å². The first-order valence-electron chi connectivity index (χ1n) is 28.4. The van der Waals surface area contributed by atoms with Crippen molar-refractivity contribution in [3.8, 4) is 0 Å². The lowest BCUT2D eigenvalue weighted by Crippen LogP contribution is -2.30. The number of carbonyl (C=O) groups is 2. The highest BCUT2D eigenvalue weighted by molar-refractivity contribution is 5.70. The van der Waals surface area contributed by atoms with Crippen LogP contribution in [0.2, 0.25) is 0 Å². The van der Waals surface area contributed by atoms with Crippen LogP contribution in [0.4, 0.5) is 0 Å². The molecule has 5 nitrogen and oxygen atoms in total. The topological polar surface area (TPSA) is 61.8 Å². The molecule has 0 aromatic rings. The molecule has 0 aromatic heterocycles. The maximum Gasteiger partial charge on any atom is 0.306 e. The highest BCUT2D eigenvalue weighted by Gasteiger charge is 2.17. The molecule has 0 saturated carbocycles. The highest BCUT2D eigenvalue weighted by atomic mass is 16.6. The summed E-state index contributed by atoms with van der Waals surface area (Å²) in [6.45, 7) is 7.52. The Morgan fingerprint density at radius 1 is 0.338 bits per heavy atom. The van der Waals surface area contributed by atoms with Gasteiger partial charge in [0, 0.05) is 19.4 Å². The van der Waals surface area contributed by atoms with Crippen LogP contribution < -0.4 is 0 Å². The minimum atomic E-state index is -0.581. The number of carbonyl (C=O) groups excluding carboxylic acids is 2. The second kappa shape index (κ2) is 57.9. The van der Waals surface area contributed by atoms with Gasteiger partial charge in [-0.15, -0.1) is 0 Å². The number of allylic oxidation sites excluding steroid dienone is 18. The number of unbranched alkanes of at least 4 members (excludes halogenated alkanes) is 22. The van der Waals surface area contributed by atoms with Gasteiger partial charge in [-0.3, -0.25) is 9.59 Å². The minimum Gasteiger partial charge on any atom is -0.462 e. The molecule has 0 saturated heterocycles. The van der Waals surface area contributed by atoms with Crippen molar-refractivity contribution in [2.24, 2.45) is 0 Å². The van der Waals surface area contributed by atoms with Crippen LogP contribution in [0, 0.1) is 0 Å². The lowest BCUT2D eigenvalue weighted by atomic mass is 10.1. The quantitative estimate of drug-likeness (QED) is 0.0345. The third kappa shape index (κ3) is 55.2. The number of hydrogen-bond donors (Lipinski definition) is 0. The van der Waals surface area contributed by atoms with Crippen LogP contribution in [0.1, 0.15) is 252 Å². The normalized spacial score (nSPS) is 13.0. The van der Waals surface area contributed by atoms with E-state index in [2.05, 4.69) is 130 Å². The third-order valence-electron chi connectivity index (χ3n) is 11.8. The zero-order valence-corrected chi connectivity index (χ0v) is 44.6. The molecular formula is C63H106O5. The summed E-state index contributed by atoms with van der Waals surface area (Å²) in [6.07, 6.45) is 79.7. The van der Waals surface area contributed by atoms with Gasteiger partial charge in [-0.05, 0) is 116 Å². The van der Waals surface area contributed by atoms with E-state index in [4.69, 9.17) is 14.2 Å². The molecule has 0 aliphatic rings. The molecule has 0 amide bonds. The minimum absolute atomic E-state index is 0.0509. The van der Waals surface area contributed by atoms with E-state index in [0.717, 1.165) is 103 Å². The summed E-state index contributed by atoms with van der Waals surface area (Å²) in [5.41, 5.74) is 0. The molecule has 1 atom stereocenters. The van der Waals surface area contributed by atoms with Crippen molar-refractivity contribution in [1.29, 1.82) is 0 Å².